The van der Waals surface area contributed by atoms with Gasteiger partial charge in [0.05, 0.1) is 17.4 Å². The summed E-state index contributed by atoms with van der Waals surface area (Å²) in [6.45, 7) is 1.74. The fourth-order valence-electron chi connectivity index (χ4n) is 3.97. The number of tetrazole rings is 2. The van der Waals surface area contributed by atoms with Crippen LogP contribution in [0.25, 0.3) is 5.82 Å². The summed E-state index contributed by atoms with van der Waals surface area (Å²) in [5.74, 6) is 2.52. The van der Waals surface area contributed by atoms with Crippen LogP contribution in [0.2, 0.25) is 0 Å². The SMILES string of the molecule is c1ccc(OC(c2csc(C3CCN(c4cnc(-n5cnnn5)cn4)CC3)n2)n2cnnn2)cc1. The van der Waals surface area contributed by atoms with Crippen LogP contribution in [0, 0.1) is 0 Å². The first kappa shape index (κ1) is 21.2. The molecule has 0 bridgehead atoms. The Labute approximate surface area is 203 Å². The predicted molar refractivity (Wildman–Crippen MR) is 124 cm³/mol. The van der Waals surface area contributed by atoms with E-state index >= 15 is 0 Å². The predicted octanol–water partition coefficient (Wildman–Crippen LogP) is 1.91. The number of hydrogen-bond donors (Lipinski definition) is 0. The van der Waals surface area contributed by atoms with E-state index in [1.165, 1.54) is 17.3 Å². The molecule has 5 heterocycles. The van der Waals surface area contributed by atoms with Gasteiger partial charge in [-0.1, -0.05) is 18.2 Å². The summed E-state index contributed by atoms with van der Waals surface area (Å²) < 4.78 is 9.24. The lowest BCUT2D eigenvalue weighted by Crippen LogP contribution is -2.33. The van der Waals surface area contributed by atoms with E-state index in [1.807, 2.05) is 35.7 Å². The molecule has 35 heavy (non-hydrogen) atoms. The molecule has 0 N–H and O–H groups in total. The third-order valence-electron chi connectivity index (χ3n) is 5.77. The molecule has 1 saturated heterocycles. The molecule has 5 aromatic rings. The molecule has 13 nitrogen and oxygen atoms in total. The minimum atomic E-state index is -0.536. The van der Waals surface area contributed by atoms with E-state index in [0.717, 1.165) is 48.2 Å². The first-order valence-corrected chi connectivity index (χ1v) is 11.9. The zero-order valence-corrected chi connectivity index (χ0v) is 19.3. The van der Waals surface area contributed by atoms with Crippen molar-refractivity contribution in [2.75, 3.05) is 18.0 Å². The average Bonchev–Trinajstić information content (AvgIpc) is 3.71. The summed E-state index contributed by atoms with van der Waals surface area (Å²) in [6.07, 6.45) is 7.87. The molecule has 0 amide bonds. The van der Waals surface area contributed by atoms with E-state index in [2.05, 4.69) is 45.9 Å². The number of aromatic nitrogens is 11. The smallest absolute Gasteiger partial charge is 0.238 e. The summed E-state index contributed by atoms with van der Waals surface area (Å²) in [5, 5.41) is 25.8. The maximum absolute atomic E-state index is 6.18. The molecule has 1 unspecified atom stereocenters. The Morgan fingerprint density at radius 1 is 0.914 bits per heavy atom. The van der Waals surface area contributed by atoms with Crippen molar-refractivity contribution >= 4 is 17.2 Å². The van der Waals surface area contributed by atoms with Crippen molar-refractivity contribution in [2.45, 2.75) is 25.0 Å². The quantitative estimate of drug-likeness (QED) is 0.332. The molecule has 4 aromatic heterocycles. The topological polar surface area (TPSA) is 138 Å². The summed E-state index contributed by atoms with van der Waals surface area (Å²) >= 11 is 1.65. The van der Waals surface area contributed by atoms with Crippen molar-refractivity contribution in [3.05, 3.63) is 71.5 Å². The molecule has 176 valence electrons. The number of nitrogens with zero attached hydrogens (tertiary/aromatic N) is 12. The lowest BCUT2D eigenvalue weighted by molar-refractivity contribution is 0.152. The highest BCUT2D eigenvalue weighted by Crippen LogP contribution is 2.33. The fraction of sp³-hybridized carbons (Fsp3) is 0.286. The van der Waals surface area contributed by atoms with Crippen LogP contribution in [0.1, 0.15) is 35.7 Å². The molecular weight excluding hydrogens is 468 g/mol. The van der Waals surface area contributed by atoms with Crippen LogP contribution >= 0.6 is 11.3 Å². The molecule has 6 rings (SSSR count). The molecule has 14 heteroatoms. The monoisotopic (exact) mass is 488 g/mol. The molecule has 1 aliphatic rings. The van der Waals surface area contributed by atoms with E-state index in [1.54, 1.807) is 28.4 Å². The second-order valence-corrected chi connectivity index (χ2v) is 8.82. The van der Waals surface area contributed by atoms with Crippen LogP contribution in [0.4, 0.5) is 5.82 Å². The maximum atomic E-state index is 6.18. The van der Waals surface area contributed by atoms with Crippen LogP contribution in [-0.2, 0) is 0 Å². The zero-order chi connectivity index (χ0) is 23.5. The summed E-state index contributed by atoms with van der Waals surface area (Å²) in [7, 11) is 0. The van der Waals surface area contributed by atoms with Gasteiger partial charge in [0, 0.05) is 24.4 Å². The van der Waals surface area contributed by atoms with Gasteiger partial charge in [0.1, 0.15) is 29.9 Å². The number of thiazole rings is 1. The molecular formula is C21H20N12OS. The number of ether oxygens (including phenoxy) is 1. The Hall–Kier alpha value is -4.33. The van der Waals surface area contributed by atoms with Crippen molar-refractivity contribution in [3.63, 3.8) is 0 Å². The first-order chi connectivity index (χ1) is 17.3. The zero-order valence-electron chi connectivity index (χ0n) is 18.4. The van der Waals surface area contributed by atoms with E-state index in [-0.39, 0.29) is 0 Å². The lowest BCUT2D eigenvalue weighted by Gasteiger charge is -2.31. The number of rotatable bonds is 7. The third kappa shape index (κ3) is 4.55. The van der Waals surface area contributed by atoms with Crippen LogP contribution < -0.4 is 9.64 Å². The van der Waals surface area contributed by atoms with Gasteiger partial charge in [0.25, 0.3) is 0 Å². The molecule has 1 atom stereocenters. The van der Waals surface area contributed by atoms with Crippen LogP contribution in [0.3, 0.4) is 0 Å². The normalized spacial score (nSPS) is 15.3. The molecule has 0 radical (unpaired) electrons. The number of para-hydroxylation sites is 1. The summed E-state index contributed by atoms with van der Waals surface area (Å²) in [5.41, 5.74) is 0.785. The van der Waals surface area contributed by atoms with E-state index in [0.29, 0.717) is 11.7 Å². The second kappa shape index (κ2) is 9.50. The van der Waals surface area contributed by atoms with Crippen LogP contribution in [-0.4, -0.2) is 68.5 Å². The highest BCUT2D eigenvalue weighted by molar-refractivity contribution is 7.09. The highest BCUT2D eigenvalue weighted by atomic mass is 32.1. The van der Waals surface area contributed by atoms with E-state index < -0.39 is 6.23 Å². The molecule has 0 spiro atoms. The lowest BCUT2D eigenvalue weighted by atomic mass is 9.97. The van der Waals surface area contributed by atoms with Gasteiger partial charge in [-0.15, -0.1) is 21.5 Å². The Morgan fingerprint density at radius 3 is 2.40 bits per heavy atom. The van der Waals surface area contributed by atoms with Crippen molar-refractivity contribution in [2.24, 2.45) is 0 Å². The van der Waals surface area contributed by atoms with Gasteiger partial charge >= 0.3 is 0 Å². The number of hydrogen-bond acceptors (Lipinski definition) is 12. The van der Waals surface area contributed by atoms with Gasteiger partial charge in [-0.25, -0.2) is 15.0 Å². The fourth-order valence-corrected chi connectivity index (χ4v) is 4.97. The molecule has 1 aliphatic heterocycles. The number of anilines is 1. The maximum Gasteiger partial charge on any atom is 0.238 e. The van der Waals surface area contributed by atoms with Gasteiger partial charge in [0.15, 0.2) is 5.82 Å². The molecule has 1 aromatic carbocycles. The van der Waals surface area contributed by atoms with E-state index in [4.69, 9.17) is 9.72 Å². The molecule has 0 saturated carbocycles. The number of piperidine rings is 1. The number of benzene rings is 1. The Morgan fingerprint density at radius 2 is 1.69 bits per heavy atom. The summed E-state index contributed by atoms with van der Waals surface area (Å²) in [6, 6.07) is 9.60. The minimum absolute atomic E-state index is 0.365. The standard InChI is InChI=1S/C21H20N12OS/c1-2-4-16(5-3-1)34-21(33-14-25-28-30-33)17-12-35-20(26-17)15-6-8-31(9-7-15)18-10-23-19(11-22-18)32-13-24-27-29-32/h1-5,10-15,21H,6-9H2. The van der Waals surface area contributed by atoms with Gasteiger partial charge in [-0.3, -0.25) is 0 Å². The van der Waals surface area contributed by atoms with E-state index in [9.17, 15) is 0 Å². The minimum Gasteiger partial charge on any atom is -0.463 e. The van der Waals surface area contributed by atoms with Gasteiger partial charge in [-0.05, 0) is 45.8 Å². The van der Waals surface area contributed by atoms with Gasteiger partial charge in [-0.2, -0.15) is 9.36 Å². The Balaban J connectivity index is 1.13. The highest BCUT2D eigenvalue weighted by Gasteiger charge is 2.27. The van der Waals surface area contributed by atoms with Crippen molar-refractivity contribution in [1.29, 1.82) is 0 Å². The Kier molecular flexibility index (Phi) is 5.76. The van der Waals surface area contributed by atoms with Crippen LogP contribution in [0.5, 0.6) is 5.75 Å². The largest absolute Gasteiger partial charge is 0.463 e. The first-order valence-electron chi connectivity index (χ1n) is 11.0. The molecule has 1 fully saturated rings. The van der Waals surface area contributed by atoms with Crippen LogP contribution in [0.15, 0.2) is 60.8 Å². The van der Waals surface area contributed by atoms with Crippen molar-refractivity contribution in [3.8, 4) is 11.6 Å². The Bertz CT molecular complexity index is 1330. The van der Waals surface area contributed by atoms with Gasteiger partial charge in [0.2, 0.25) is 6.23 Å². The molecule has 0 aliphatic carbocycles. The summed E-state index contributed by atoms with van der Waals surface area (Å²) in [4.78, 5) is 16.1. The third-order valence-corrected chi connectivity index (χ3v) is 6.79. The average molecular weight is 489 g/mol. The van der Waals surface area contributed by atoms with Gasteiger partial charge < -0.3 is 9.64 Å². The second-order valence-electron chi connectivity index (χ2n) is 7.93. The van der Waals surface area contributed by atoms with Crippen molar-refractivity contribution in [1.82, 2.24) is 55.4 Å². The van der Waals surface area contributed by atoms with Crippen molar-refractivity contribution < 1.29 is 4.74 Å².